The lowest BCUT2D eigenvalue weighted by atomic mass is 10.0. The van der Waals surface area contributed by atoms with Crippen LogP contribution < -0.4 is 4.74 Å². The number of hydrogen-bond acceptors (Lipinski definition) is 5. The first-order valence-corrected chi connectivity index (χ1v) is 11.8. The number of ether oxygens (including phenoxy) is 1. The zero-order valence-corrected chi connectivity index (χ0v) is 20.9. The fraction of sp³-hybridized carbons (Fsp3) is 0.207. The molecule has 0 radical (unpaired) electrons. The van der Waals surface area contributed by atoms with Crippen LogP contribution in [0.3, 0.4) is 0 Å². The van der Waals surface area contributed by atoms with Gasteiger partial charge in [0.25, 0.3) is 5.91 Å². The molecule has 7 nitrogen and oxygen atoms in total. The van der Waals surface area contributed by atoms with Crippen molar-refractivity contribution in [2.45, 2.75) is 26.9 Å². The van der Waals surface area contributed by atoms with Crippen molar-refractivity contribution in [3.63, 3.8) is 0 Å². The molecule has 1 amide bonds. The van der Waals surface area contributed by atoms with Gasteiger partial charge in [0, 0.05) is 24.5 Å². The van der Waals surface area contributed by atoms with E-state index >= 15 is 0 Å². The smallest absolute Gasteiger partial charge is 0.272 e. The second-order valence-corrected chi connectivity index (χ2v) is 8.91. The summed E-state index contributed by atoms with van der Waals surface area (Å²) in [6, 6.07) is 21.6. The summed E-state index contributed by atoms with van der Waals surface area (Å²) < 4.78 is 12.6. The van der Waals surface area contributed by atoms with Gasteiger partial charge in [-0.15, -0.1) is 0 Å². The van der Waals surface area contributed by atoms with E-state index in [2.05, 4.69) is 30.2 Å². The van der Waals surface area contributed by atoms with E-state index in [1.807, 2.05) is 55.5 Å². The lowest BCUT2D eigenvalue weighted by molar-refractivity contribution is 0.0706. The molecule has 7 heteroatoms. The number of amides is 1. The van der Waals surface area contributed by atoms with Crippen LogP contribution in [0, 0.1) is 13.8 Å². The van der Waals surface area contributed by atoms with Crippen LogP contribution in [0.25, 0.3) is 22.2 Å². The minimum absolute atomic E-state index is 0.125. The molecule has 0 spiro atoms. The van der Waals surface area contributed by atoms with Crippen molar-refractivity contribution in [3.05, 3.63) is 101 Å². The number of methoxy groups -OCH3 is 1. The normalized spacial score (nSPS) is 11.1. The largest absolute Gasteiger partial charge is 0.497 e. The van der Waals surface area contributed by atoms with Crippen molar-refractivity contribution in [3.8, 4) is 17.0 Å². The molecule has 5 rings (SSSR count). The van der Waals surface area contributed by atoms with Crippen LogP contribution in [-0.2, 0) is 20.1 Å². The Kier molecular flexibility index (Phi) is 6.29. The SMILES string of the molecule is COc1ccc(-c2nc3c(C)cccc3cc2CN(Cc2ccco2)C(=O)c2cc(C)nn2C)cc1. The summed E-state index contributed by atoms with van der Waals surface area (Å²) in [5.41, 5.74) is 6.09. The molecule has 0 unspecified atom stereocenters. The van der Waals surface area contributed by atoms with Crippen LogP contribution in [-0.4, -0.2) is 32.7 Å². The Hall–Kier alpha value is -4.39. The zero-order valence-electron chi connectivity index (χ0n) is 20.9. The highest BCUT2D eigenvalue weighted by Crippen LogP contribution is 2.30. The predicted octanol–water partition coefficient (Wildman–Crippen LogP) is 5.70. The molecule has 0 saturated carbocycles. The van der Waals surface area contributed by atoms with E-state index in [1.165, 1.54) is 0 Å². The Bertz CT molecular complexity index is 1520. The third kappa shape index (κ3) is 4.60. The van der Waals surface area contributed by atoms with E-state index in [9.17, 15) is 4.79 Å². The number of aryl methyl sites for hydroxylation is 3. The summed E-state index contributed by atoms with van der Waals surface area (Å²) in [4.78, 5) is 20.6. The molecule has 182 valence electrons. The number of carbonyl (C=O) groups is 1. The number of benzene rings is 2. The Balaban J connectivity index is 1.62. The van der Waals surface area contributed by atoms with Crippen LogP contribution >= 0.6 is 0 Å². The molecule has 0 fully saturated rings. The first-order chi connectivity index (χ1) is 17.4. The lowest BCUT2D eigenvalue weighted by Crippen LogP contribution is -2.31. The summed E-state index contributed by atoms with van der Waals surface area (Å²) in [6.45, 7) is 4.61. The van der Waals surface area contributed by atoms with Gasteiger partial charge in [0.2, 0.25) is 0 Å². The van der Waals surface area contributed by atoms with Gasteiger partial charge < -0.3 is 14.1 Å². The number of hydrogen-bond donors (Lipinski definition) is 0. The highest BCUT2D eigenvalue weighted by Gasteiger charge is 2.23. The molecule has 0 aliphatic heterocycles. The molecule has 3 heterocycles. The molecular weight excluding hydrogens is 452 g/mol. The summed E-state index contributed by atoms with van der Waals surface area (Å²) in [7, 11) is 3.44. The van der Waals surface area contributed by atoms with Crippen molar-refractivity contribution in [2.24, 2.45) is 7.05 Å². The minimum atomic E-state index is -0.125. The second kappa shape index (κ2) is 9.70. The molecular formula is C29H28N4O3. The average molecular weight is 481 g/mol. The average Bonchev–Trinajstić information content (AvgIpc) is 3.52. The third-order valence-corrected chi connectivity index (χ3v) is 6.29. The predicted molar refractivity (Wildman–Crippen MR) is 139 cm³/mol. The van der Waals surface area contributed by atoms with Gasteiger partial charge in [0.15, 0.2) is 0 Å². The number of rotatable bonds is 7. The number of carbonyl (C=O) groups excluding carboxylic acids is 1. The zero-order chi connectivity index (χ0) is 25.2. The first-order valence-electron chi connectivity index (χ1n) is 11.8. The molecule has 5 aromatic rings. The number of fused-ring (bicyclic) bond motifs is 1. The van der Waals surface area contributed by atoms with E-state index in [-0.39, 0.29) is 5.91 Å². The maximum atomic E-state index is 13.7. The maximum Gasteiger partial charge on any atom is 0.272 e. The monoisotopic (exact) mass is 480 g/mol. The molecule has 2 aromatic carbocycles. The van der Waals surface area contributed by atoms with Crippen LogP contribution in [0.1, 0.15) is 33.1 Å². The van der Waals surface area contributed by atoms with E-state index < -0.39 is 0 Å². The Morgan fingerprint density at radius 3 is 2.50 bits per heavy atom. The minimum Gasteiger partial charge on any atom is -0.497 e. The number of aromatic nitrogens is 3. The summed E-state index contributed by atoms with van der Waals surface area (Å²) in [6.07, 6.45) is 1.62. The van der Waals surface area contributed by atoms with Gasteiger partial charge in [-0.2, -0.15) is 5.10 Å². The summed E-state index contributed by atoms with van der Waals surface area (Å²) in [5, 5.41) is 5.40. The van der Waals surface area contributed by atoms with Crippen molar-refractivity contribution in [1.29, 1.82) is 0 Å². The molecule has 0 bridgehead atoms. The Labute approximate surface area is 209 Å². The topological polar surface area (TPSA) is 73.4 Å². The third-order valence-electron chi connectivity index (χ3n) is 6.29. The first kappa shape index (κ1) is 23.4. The quantitative estimate of drug-likeness (QED) is 0.299. The van der Waals surface area contributed by atoms with E-state index in [4.69, 9.17) is 14.1 Å². The summed E-state index contributed by atoms with van der Waals surface area (Å²) in [5.74, 6) is 1.36. The lowest BCUT2D eigenvalue weighted by Gasteiger charge is -2.23. The highest BCUT2D eigenvalue weighted by atomic mass is 16.5. The van der Waals surface area contributed by atoms with Gasteiger partial charge in [-0.25, -0.2) is 4.98 Å². The van der Waals surface area contributed by atoms with Crippen LogP contribution in [0.5, 0.6) is 5.75 Å². The Morgan fingerprint density at radius 2 is 1.83 bits per heavy atom. The van der Waals surface area contributed by atoms with Gasteiger partial charge in [-0.3, -0.25) is 9.48 Å². The number of furan rings is 1. The van der Waals surface area contributed by atoms with Gasteiger partial charge in [-0.1, -0.05) is 18.2 Å². The maximum absolute atomic E-state index is 13.7. The Morgan fingerprint density at radius 1 is 1.03 bits per heavy atom. The standard InChI is InChI=1S/C29H28N4O3/c1-19-7-5-8-22-16-23(28(30-27(19)22)21-10-12-24(35-4)13-11-21)17-33(18-25-9-6-14-36-25)29(34)26-15-20(2)31-32(26)3/h5-16H,17-18H2,1-4H3. The molecule has 0 aliphatic rings. The molecule has 0 N–H and O–H groups in total. The fourth-order valence-corrected chi connectivity index (χ4v) is 4.48. The van der Waals surface area contributed by atoms with E-state index in [0.29, 0.717) is 24.5 Å². The fourth-order valence-electron chi connectivity index (χ4n) is 4.48. The number of pyridine rings is 1. The van der Waals surface area contributed by atoms with Crippen molar-refractivity contribution in [2.75, 3.05) is 7.11 Å². The molecule has 0 atom stereocenters. The van der Waals surface area contributed by atoms with Gasteiger partial charge in [0.05, 0.1) is 36.8 Å². The van der Waals surface area contributed by atoms with E-state index in [1.54, 1.807) is 30.0 Å². The second-order valence-electron chi connectivity index (χ2n) is 8.91. The van der Waals surface area contributed by atoms with Crippen LogP contribution in [0.4, 0.5) is 0 Å². The van der Waals surface area contributed by atoms with Crippen molar-refractivity contribution in [1.82, 2.24) is 19.7 Å². The van der Waals surface area contributed by atoms with Crippen molar-refractivity contribution < 1.29 is 13.9 Å². The molecule has 36 heavy (non-hydrogen) atoms. The highest BCUT2D eigenvalue weighted by molar-refractivity contribution is 5.93. The number of para-hydroxylation sites is 1. The van der Waals surface area contributed by atoms with Crippen molar-refractivity contribution >= 4 is 16.8 Å². The van der Waals surface area contributed by atoms with Gasteiger partial charge >= 0.3 is 0 Å². The molecule has 3 aromatic heterocycles. The molecule has 0 saturated heterocycles. The van der Waals surface area contributed by atoms with E-state index in [0.717, 1.165) is 44.7 Å². The van der Waals surface area contributed by atoms with Gasteiger partial charge in [0.1, 0.15) is 17.2 Å². The van der Waals surface area contributed by atoms with Crippen LogP contribution in [0.2, 0.25) is 0 Å². The number of nitrogens with zero attached hydrogens (tertiary/aromatic N) is 4. The van der Waals surface area contributed by atoms with Crippen LogP contribution in [0.15, 0.2) is 77.4 Å². The summed E-state index contributed by atoms with van der Waals surface area (Å²) >= 11 is 0. The molecule has 0 aliphatic carbocycles. The van der Waals surface area contributed by atoms with Gasteiger partial charge in [-0.05, 0) is 73.5 Å².